The lowest BCUT2D eigenvalue weighted by Crippen LogP contribution is -2.33. The van der Waals surface area contributed by atoms with E-state index in [1.807, 2.05) is 13.8 Å². The molecule has 126 valence electrons. The Balaban J connectivity index is 2.03. The van der Waals surface area contributed by atoms with Gasteiger partial charge in [-0.05, 0) is 5.92 Å². The highest BCUT2D eigenvalue weighted by Gasteiger charge is 2.44. The van der Waals surface area contributed by atoms with Crippen LogP contribution in [0.1, 0.15) is 25.9 Å². The van der Waals surface area contributed by atoms with Crippen molar-refractivity contribution in [2.45, 2.75) is 44.8 Å². The van der Waals surface area contributed by atoms with Crippen LogP contribution >= 0.6 is 0 Å². The molecule has 1 aliphatic rings. The van der Waals surface area contributed by atoms with Gasteiger partial charge >= 0.3 is 0 Å². The number of aromatic nitrogens is 4. The Kier molecular flexibility index (Phi) is 4.19. The minimum Gasteiger partial charge on any atom is -0.394 e. The molecule has 9 heteroatoms. The fraction of sp³-hybridized carbons (Fsp3) is 0.643. The smallest absolute Gasteiger partial charge is 0.167 e. The molecule has 9 nitrogen and oxygen atoms in total. The SMILES string of the molecule is CC(C)Cc1nc(N)c2ncn([C@@H]3O[C@H](CO)[C@@H](O)[C@H]3O)c2n1. The first-order valence-corrected chi connectivity index (χ1v) is 7.53. The fourth-order valence-corrected chi connectivity index (χ4v) is 2.74. The standard InChI is InChI=1S/C14H21N5O4/c1-6(2)3-8-17-12(15)9-13(18-8)19(5-16-9)14-11(22)10(21)7(4-20)23-14/h5-7,10-11,14,20-22H,3-4H2,1-2H3,(H2,15,17,18)/t7-,10-,11-,14-/m1/s1. The molecule has 5 N–H and O–H groups in total. The molecule has 0 unspecified atom stereocenters. The number of hydrogen-bond donors (Lipinski definition) is 4. The monoisotopic (exact) mass is 323 g/mol. The Labute approximate surface area is 132 Å². The zero-order valence-electron chi connectivity index (χ0n) is 13.0. The number of anilines is 1. The number of nitrogens with zero attached hydrogens (tertiary/aromatic N) is 4. The molecule has 23 heavy (non-hydrogen) atoms. The lowest BCUT2D eigenvalue weighted by Gasteiger charge is -2.17. The number of hydrogen-bond acceptors (Lipinski definition) is 8. The van der Waals surface area contributed by atoms with E-state index in [1.54, 1.807) is 0 Å². The number of nitrogens with two attached hydrogens (primary N) is 1. The van der Waals surface area contributed by atoms with Crippen molar-refractivity contribution in [3.8, 4) is 0 Å². The van der Waals surface area contributed by atoms with E-state index in [-0.39, 0.29) is 5.82 Å². The normalized spacial score (nSPS) is 28.1. The third-order valence-corrected chi connectivity index (χ3v) is 3.88. The van der Waals surface area contributed by atoms with Crippen LogP contribution in [-0.4, -0.2) is 59.8 Å². The van der Waals surface area contributed by atoms with Gasteiger partial charge in [-0.15, -0.1) is 0 Å². The maximum Gasteiger partial charge on any atom is 0.167 e. The molecule has 3 rings (SSSR count). The van der Waals surface area contributed by atoms with Gasteiger partial charge in [0.15, 0.2) is 17.7 Å². The molecule has 0 amide bonds. The summed E-state index contributed by atoms with van der Waals surface area (Å²) in [5, 5.41) is 29.3. The summed E-state index contributed by atoms with van der Waals surface area (Å²) in [4.78, 5) is 12.9. The van der Waals surface area contributed by atoms with Crippen molar-refractivity contribution in [2.24, 2.45) is 5.92 Å². The average molecular weight is 323 g/mol. The van der Waals surface area contributed by atoms with E-state index in [9.17, 15) is 15.3 Å². The van der Waals surface area contributed by atoms with Gasteiger partial charge < -0.3 is 25.8 Å². The Bertz CT molecular complexity index is 704. The van der Waals surface area contributed by atoms with Crippen LogP contribution in [0.4, 0.5) is 5.82 Å². The summed E-state index contributed by atoms with van der Waals surface area (Å²) in [5.74, 6) is 1.20. The average Bonchev–Trinajstić information content (AvgIpc) is 3.01. The van der Waals surface area contributed by atoms with Crippen molar-refractivity contribution >= 4 is 17.0 Å². The molecule has 0 saturated carbocycles. The first kappa shape index (κ1) is 16.1. The zero-order valence-corrected chi connectivity index (χ0v) is 13.0. The van der Waals surface area contributed by atoms with Crippen LogP contribution < -0.4 is 5.73 Å². The Morgan fingerprint density at radius 3 is 2.65 bits per heavy atom. The molecule has 0 bridgehead atoms. The number of fused-ring (bicyclic) bond motifs is 1. The molecule has 1 saturated heterocycles. The first-order valence-electron chi connectivity index (χ1n) is 7.53. The topological polar surface area (TPSA) is 140 Å². The van der Waals surface area contributed by atoms with Gasteiger partial charge in [-0.25, -0.2) is 15.0 Å². The fourth-order valence-electron chi connectivity index (χ4n) is 2.74. The molecule has 2 aromatic rings. The van der Waals surface area contributed by atoms with E-state index in [1.165, 1.54) is 10.9 Å². The van der Waals surface area contributed by atoms with Crippen molar-refractivity contribution in [1.82, 2.24) is 19.5 Å². The molecular formula is C14H21N5O4. The van der Waals surface area contributed by atoms with Gasteiger partial charge in [0.1, 0.15) is 29.7 Å². The number of aliphatic hydroxyl groups is 3. The molecule has 0 aliphatic carbocycles. The first-order chi connectivity index (χ1) is 10.9. The molecule has 0 spiro atoms. The summed E-state index contributed by atoms with van der Waals surface area (Å²) in [6.07, 6.45) is -2.04. The number of imidazole rings is 1. The highest BCUT2D eigenvalue weighted by Crippen LogP contribution is 2.32. The lowest BCUT2D eigenvalue weighted by atomic mass is 10.1. The Morgan fingerprint density at radius 2 is 2.04 bits per heavy atom. The van der Waals surface area contributed by atoms with E-state index in [4.69, 9.17) is 10.5 Å². The van der Waals surface area contributed by atoms with Gasteiger partial charge in [-0.2, -0.15) is 0 Å². The van der Waals surface area contributed by atoms with Crippen molar-refractivity contribution in [2.75, 3.05) is 12.3 Å². The minimum absolute atomic E-state index is 0.260. The quantitative estimate of drug-likeness (QED) is 0.574. The third kappa shape index (κ3) is 2.76. The van der Waals surface area contributed by atoms with Crippen LogP contribution in [0.15, 0.2) is 6.33 Å². The second-order valence-electron chi connectivity index (χ2n) is 6.18. The maximum absolute atomic E-state index is 10.2. The number of ether oxygens (including phenoxy) is 1. The van der Waals surface area contributed by atoms with Gasteiger partial charge in [-0.3, -0.25) is 4.57 Å². The van der Waals surface area contributed by atoms with E-state index < -0.39 is 31.1 Å². The number of rotatable bonds is 4. The highest BCUT2D eigenvalue weighted by atomic mass is 16.6. The van der Waals surface area contributed by atoms with Crippen LogP contribution in [0.3, 0.4) is 0 Å². The van der Waals surface area contributed by atoms with Crippen LogP contribution in [0.5, 0.6) is 0 Å². The molecule has 2 aromatic heterocycles. The second-order valence-corrected chi connectivity index (χ2v) is 6.18. The van der Waals surface area contributed by atoms with E-state index in [0.717, 1.165) is 0 Å². The summed E-state index contributed by atoms with van der Waals surface area (Å²) < 4.78 is 7.03. The maximum atomic E-state index is 10.2. The lowest BCUT2D eigenvalue weighted by molar-refractivity contribution is -0.0511. The van der Waals surface area contributed by atoms with Gasteiger partial charge in [0.2, 0.25) is 0 Å². The van der Waals surface area contributed by atoms with Crippen molar-refractivity contribution in [3.05, 3.63) is 12.2 Å². The number of aliphatic hydroxyl groups excluding tert-OH is 3. The van der Waals surface area contributed by atoms with Crippen LogP contribution in [-0.2, 0) is 11.2 Å². The largest absolute Gasteiger partial charge is 0.394 e. The zero-order chi connectivity index (χ0) is 16.7. The van der Waals surface area contributed by atoms with Gasteiger partial charge in [0.05, 0.1) is 12.9 Å². The molecule has 0 radical (unpaired) electrons. The van der Waals surface area contributed by atoms with Gasteiger partial charge in [-0.1, -0.05) is 13.8 Å². The third-order valence-electron chi connectivity index (χ3n) is 3.88. The van der Waals surface area contributed by atoms with Crippen molar-refractivity contribution in [3.63, 3.8) is 0 Å². The summed E-state index contributed by atoms with van der Waals surface area (Å²) in [7, 11) is 0. The van der Waals surface area contributed by atoms with Crippen LogP contribution in [0.2, 0.25) is 0 Å². The predicted octanol–water partition coefficient (Wildman–Crippen LogP) is -0.781. The van der Waals surface area contributed by atoms with E-state index in [0.29, 0.717) is 29.3 Å². The summed E-state index contributed by atoms with van der Waals surface area (Å²) in [6, 6.07) is 0. The Hall–Kier alpha value is -1.81. The van der Waals surface area contributed by atoms with E-state index >= 15 is 0 Å². The Morgan fingerprint density at radius 1 is 1.30 bits per heavy atom. The van der Waals surface area contributed by atoms with Crippen LogP contribution in [0.25, 0.3) is 11.2 Å². The molecule has 3 heterocycles. The minimum atomic E-state index is -1.20. The second kappa shape index (κ2) is 6.00. The molecule has 1 fully saturated rings. The van der Waals surface area contributed by atoms with Crippen molar-refractivity contribution < 1.29 is 20.1 Å². The van der Waals surface area contributed by atoms with Gasteiger partial charge in [0, 0.05) is 6.42 Å². The molecular weight excluding hydrogens is 302 g/mol. The van der Waals surface area contributed by atoms with E-state index in [2.05, 4.69) is 15.0 Å². The summed E-state index contributed by atoms with van der Waals surface area (Å²) in [5.41, 5.74) is 6.79. The predicted molar refractivity (Wildman–Crippen MR) is 81.3 cm³/mol. The summed E-state index contributed by atoms with van der Waals surface area (Å²) in [6.45, 7) is 3.71. The highest BCUT2D eigenvalue weighted by molar-refractivity contribution is 5.81. The van der Waals surface area contributed by atoms with Gasteiger partial charge in [0.25, 0.3) is 0 Å². The molecule has 0 aromatic carbocycles. The van der Waals surface area contributed by atoms with Crippen LogP contribution in [0, 0.1) is 5.92 Å². The summed E-state index contributed by atoms with van der Waals surface area (Å²) >= 11 is 0. The number of nitrogen functional groups attached to an aromatic ring is 1. The van der Waals surface area contributed by atoms with Crippen molar-refractivity contribution in [1.29, 1.82) is 0 Å². The molecule has 4 atom stereocenters. The molecule has 1 aliphatic heterocycles.